The van der Waals surface area contributed by atoms with Gasteiger partial charge in [0.1, 0.15) is 0 Å². The summed E-state index contributed by atoms with van der Waals surface area (Å²) in [6.07, 6.45) is 0. The molecule has 14 aromatic carbocycles. The Hall–Kier alpha value is -9.36. The largest absolute Gasteiger partial charge is 0.0622 e. The molecule has 2 aliphatic carbocycles. The van der Waals surface area contributed by atoms with Gasteiger partial charge >= 0.3 is 0 Å². The number of fused-ring (bicyclic) bond motifs is 12. The Kier molecular flexibility index (Phi) is 8.26. The minimum Gasteiger partial charge on any atom is -0.0622 e. The van der Waals surface area contributed by atoms with Gasteiger partial charge in [0.05, 0.1) is 0 Å². The maximum Gasteiger partial charge on any atom is -0.000719 e. The van der Waals surface area contributed by atoms with Gasteiger partial charge in [0.2, 0.25) is 0 Å². The Morgan fingerprint density at radius 3 is 0.903 bits per heavy atom. The summed E-state index contributed by atoms with van der Waals surface area (Å²) >= 11 is 0. The molecule has 0 aromatic heterocycles. The van der Waals surface area contributed by atoms with E-state index >= 15 is 0 Å². The maximum absolute atomic E-state index is 2.54. The quantitative estimate of drug-likeness (QED) is 0.151. The molecule has 0 saturated heterocycles. The lowest BCUT2D eigenvalue weighted by atomic mass is 9.82. The molecule has 2 aliphatic rings. The molecule has 0 heteroatoms. The van der Waals surface area contributed by atoms with Crippen LogP contribution in [0.1, 0.15) is 0 Å². The van der Waals surface area contributed by atoms with Gasteiger partial charge in [0.15, 0.2) is 0 Å². The van der Waals surface area contributed by atoms with Crippen LogP contribution in [0.15, 0.2) is 255 Å². The van der Waals surface area contributed by atoms with E-state index in [9.17, 15) is 0 Å². The molecule has 0 atom stereocenters. The fourth-order valence-electron chi connectivity index (χ4n) is 13.3. The number of benzene rings is 14. The van der Waals surface area contributed by atoms with Gasteiger partial charge in [-0.3, -0.25) is 0 Å². The summed E-state index contributed by atoms with van der Waals surface area (Å²) in [5.74, 6) is 0. The molecule has 0 radical (unpaired) electrons. The standard InChI is InChI=1S/C72H42/c1-5-21-43(22-6-1)63-51-31-15-16-32-52(51)65(45-25-9-3-10-26-45)71-58-40-39-49(50-35-19-37-56(67(50)58)69(63)71)59-41-61-55-36-20-38-57-68(55)62(42-60(61)48-30-14-13-29-47(48)59)72-66(46-27-11-4-12-28-46)54-34-18-17-33-53(54)64(70(57)72)44-23-7-2-8-24-44/h1-42H. The Balaban J connectivity index is 1.00. The summed E-state index contributed by atoms with van der Waals surface area (Å²) in [4.78, 5) is 0. The van der Waals surface area contributed by atoms with Crippen LogP contribution < -0.4 is 0 Å². The molecule has 0 heterocycles. The molecule has 0 amide bonds. The molecule has 0 fully saturated rings. The van der Waals surface area contributed by atoms with Crippen LogP contribution in [0.4, 0.5) is 0 Å². The van der Waals surface area contributed by atoms with E-state index < -0.39 is 0 Å². The lowest BCUT2D eigenvalue weighted by Crippen LogP contribution is -1.93. The zero-order chi connectivity index (χ0) is 47.0. The average molecular weight is 907 g/mol. The predicted molar refractivity (Wildman–Crippen MR) is 308 cm³/mol. The molecule has 0 N–H and O–H groups in total. The van der Waals surface area contributed by atoms with Crippen molar-refractivity contribution in [2.24, 2.45) is 0 Å². The third-order valence-electron chi connectivity index (χ3n) is 16.1. The summed E-state index contributed by atoms with van der Waals surface area (Å²) in [6, 6.07) is 95.5. The summed E-state index contributed by atoms with van der Waals surface area (Å²) in [6.45, 7) is 0. The fourth-order valence-corrected chi connectivity index (χ4v) is 13.3. The van der Waals surface area contributed by atoms with Crippen LogP contribution in [0.3, 0.4) is 0 Å². The van der Waals surface area contributed by atoms with Crippen LogP contribution in [0.25, 0.3) is 165 Å². The van der Waals surface area contributed by atoms with E-state index in [1.54, 1.807) is 0 Å². The molecule has 0 bridgehead atoms. The smallest absolute Gasteiger partial charge is 0.000719 e. The Morgan fingerprint density at radius 1 is 0.139 bits per heavy atom. The first-order chi connectivity index (χ1) is 35.8. The second kappa shape index (κ2) is 15.1. The van der Waals surface area contributed by atoms with E-state index in [-0.39, 0.29) is 0 Å². The van der Waals surface area contributed by atoms with Crippen molar-refractivity contribution in [3.05, 3.63) is 255 Å². The van der Waals surface area contributed by atoms with E-state index in [1.807, 2.05) is 0 Å². The topological polar surface area (TPSA) is 0 Å². The Bertz CT molecular complexity index is 4530. The van der Waals surface area contributed by atoms with Gasteiger partial charge in [-0.1, -0.05) is 243 Å². The van der Waals surface area contributed by atoms with Crippen molar-refractivity contribution in [1.29, 1.82) is 0 Å². The van der Waals surface area contributed by atoms with Crippen LogP contribution in [0.2, 0.25) is 0 Å². The monoisotopic (exact) mass is 906 g/mol. The molecule has 330 valence electrons. The van der Waals surface area contributed by atoms with Gasteiger partial charge in [0.25, 0.3) is 0 Å². The molecular formula is C72H42. The van der Waals surface area contributed by atoms with Gasteiger partial charge in [-0.25, -0.2) is 0 Å². The summed E-state index contributed by atoms with van der Waals surface area (Å²) in [5.41, 5.74) is 23.1. The zero-order valence-corrected chi connectivity index (χ0v) is 39.2. The van der Waals surface area contributed by atoms with E-state index in [0.29, 0.717) is 0 Å². The second-order valence-corrected chi connectivity index (χ2v) is 19.7. The molecule has 0 unspecified atom stereocenters. The highest BCUT2D eigenvalue weighted by atomic mass is 14.4. The summed E-state index contributed by atoms with van der Waals surface area (Å²) in [7, 11) is 0. The third-order valence-corrected chi connectivity index (χ3v) is 16.1. The SMILES string of the molecule is c1ccc(-c2c3c(c(-c4ccccc4)c4ccccc24)-c2ccc(-c4cc5c6cccc7c6c(cc5c5ccccc45)-c4c-7c(-c5ccccc5)c5ccccc5c4-c4ccccc4)c4cccc-3c24)cc1. The van der Waals surface area contributed by atoms with E-state index in [2.05, 4.69) is 255 Å². The number of hydrogen-bond donors (Lipinski definition) is 0. The van der Waals surface area contributed by atoms with Crippen molar-refractivity contribution >= 4 is 64.6 Å². The molecule has 16 rings (SSSR count). The Morgan fingerprint density at radius 2 is 0.444 bits per heavy atom. The second-order valence-electron chi connectivity index (χ2n) is 19.7. The average Bonchev–Trinajstić information content (AvgIpc) is 3.96. The van der Waals surface area contributed by atoms with E-state index in [1.165, 1.54) is 165 Å². The number of hydrogen-bond acceptors (Lipinski definition) is 0. The lowest BCUT2D eigenvalue weighted by Gasteiger charge is -2.20. The van der Waals surface area contributed by atoms with E-state index in [0.717, 1.165) is 0 Å². The molecule has 14 aromatic rings. The van der Waals surface area contributed by atoms with Crippen LogP contribution in [0.5, 0.6) is 0 Å². The lowest BCUT2D eigenvalue weighted by molar-refractivity contribution is 1.62. The highest BCUT2D eigenvalue weighted by Gasteiger charge is 2.34. The van der Waals surface area contributed by atoms with Crippen molar-refractivity contribution < 1.29 is 0 Å². The van der Waals surface area contributed by atoms with Crippen molar-refractivity contribution in [3.8, 4) is 100 Å². The maximum atomic E-state index is 2.54. The number of rotatable bonds is 5. The van der Waals surface area contributed by atoms with Crippen LogP contribution in [0, 0.1) is 0 Å². The molecular weight excluding hydrogens is 865 g/mol. The fraction of sp³-hybridized carbons (Fsp3) is 0. The van der Waals surface area contributed by atoms with Crippen LogP contribution in [-0.2, 0) is 0 Å². The van der Waals surface area contributed by atoms with Gasteiger partial charge < -0.3 is 0 Å². The molecule has 0 spiro atoms. The zero-order valence-electron chi connectivity index (χ0n) is 39.2. The van der Waals surface area contributed by atoms with Crippen LogP contribution >= 0.6 is 0 Å². The molecule has 72 heavy (non-hydrogen) atoms. The minimum absolute atomic E-state index is 1.24. The van der Waals surface area contributed by atoms with Crippen LogP contribution in [-0.4, -0.2) is 0 Å². The van der Waals surface area contributed by atoms with Gasteiger partial charge in [0, 0.05) is 0 Å². The normalized spacial score (nSPS) is 12.2. The van der Waals surface area contributed by atoms with Crippen molar-refractivity contribution in [2.45, 2.75) is 0 Å². The highest BCUT2D eigenvalue weighted by Crippen LogP contribution is 2.61. The third kappa shape index (κ3) is 5.36. The molecule has 0 saturated carbocycles. The van der Waals surface area contributed by atoms with Crippen molar-refractivity contribution in [2.75, 3.05) is 0 Å². The van der Waals surface area contributed by atoms with Gasteiger partial charge in [-0.2, -0.15) is 0 Å². The van der Waals surface area contributed by atoms with Crippen molar-refractivity contribution in [3.63, 3.8) is 0 Å². The van der Waals surface area contributed by atoms with Crippen molar-refractivity contribution in [1.82, 2.24) is 0 Å². The summed E-state index contributed by atoms with van der Waals surface area (Å²) < 4.78 is 0. The minimum atomic E-state index is 1.24. The first-order valence-electron chi connectivity index (χ1n) is 25.2. The van der Waals surface area contributed by atoms with Gasteiger partial charge in [-0.05, 0) is 177 Å². The molecule has 0 nitrogen and oxygen atoms in total. The first-order valence-corrected chi connectivity index (χ1v) is 25.2. The predicted octanol–water partition coefficient (Wildman–Crippen LogP) is 20.2. The summed E-state index contributed by atoms with van der Waals surface area (Å²) in [5, 5.41) is 15.4. The van der Waals surface area contributed by atoms with E-state index in [4.69, 9.17) is 0 Å². The first kappa shape index (κ1) is 39.5. The molecule has 0 aliphatic heterocycles. The van der Waals surface area contributed by atoms with Gasteiger partial charge in [-0.15, -0.1) is 0 Å². The highest BCUT2D eigenvalue weighted by molar-refractivity contribution is 6.35. The Labute approximate surface area is 417 Å².